The number of hydrogen-bond acceptors (Lipinski definition) is 3. The van der Waals surface area contributed by atoms with Gasteiger partial charge in [0.2, 0.25) is 0 Å². The monoisotopic (exact) mass is 286 g/mol. The summed E-state index contributed by atoms with van der Waals surface area (Å²) in [4.78, 5) is 16.7. The summed E-state index contributed by atoms with van der Waals surface area (Å²) in [5.41, 5.74) is 2.29. The van der Waals surface area contributed by atoms with Gasteiger partial charge >= 0.3 is 0 Å². The Morgan fingerprint density at radius 1 is 1.29 bits per heavy atom. The van der Waals surface area contributed by atoms with Gasteiger partial charge in [-0.05, 0) is 30.5 Å². The summed E-state index contributed by atoms with van der Waals surface area (Å²) >= 11 is 0. The van der Waals surface area contributed by atoms with Crippen molar-refractivity contribution in [2.45, 2.75) is 32.6 Å². The fourth-order valence-electron chi connectivity index (χ4n) is 2.37. The van der Waals surface area contributed by atoms with Crippen LogP contribution in [0, 0.1) is 0 Å². The van der Waals surface area contributed by atoms with Gasteiger partial charge < -0.3 is 10.4 Å². The highest BCUT2D eigenvalue weighted by atomic mass is 16.3. The summed E-state index contributed by atoms with van der Waals surface area (Å²) in [6.07, 6.45) is 4.20. The molecule has 2 rings (SSSR count). The molecule has 4 heteroatoms. The van der Waals surface area contributed by atoms with E-state index in [-0.39, 0.29) is 19.1 Å². The van der Waals surface area contributed by atoms with E-state index in [4.69, 9.17) is 5.11 Å². The number of aromatic nitrogens is 1. The molecule has 0 saturated heterocycles. The summed E-state index contributed by atoms with van der Waals surface area (Å²) in [6, 6.07) is 9.88. The largest absolute Gasteiger partial charge is 0.395 e. The van der Waals surface area contributed by atoms with Crippen molar-refractivity contribution in [1.29, 1.82) is 0 Å². The molecule has 1 heterocycles. The van der Waals surface area contributed by atoms with Crippen LogP contribution in [0.3, 0.4) is 0 Å². The van der Waals surface area contributed by atoms with Crippen molar-refractivity contribution in [2.24, 2.45) is 0 Å². The van der Waals surface area contributed by atoms with Crippen molar-refractivity contribution in [1.82, 2.24) is 10.3 Å². The van der Waals surface area contributed by atoms with Crippen molar-refractivity contribution in [3.63, 3.8) is 0 Å². The van der Waals surface area contributed by atoms with Crippen molar-refractivity contribution >= 4 is 16.8 Å². The number of aryl methyl sites for hydroxylation is 1. The first-order chi connectivity index (χ1) is 10.3. The van der Waals surface area contributed by atoms with E-state index in [0.29, 0.717) is 5.69 Å². The Morgan fingerprint density at radius 2 is 2.10 bits per heavy atom. The number of fused-ring (bicyclic) bond motifs is 1. The molecule has 21 heavy (non-hydrogen) atoms. The van der Waals surface area contributed by atoms with E-state index in [9.17, 15) is 4.79 Å². The van der Waals surface area contributed by atoms with Crippen LogP contribution in [0.25, 0.3) is 10.9 Å². The van der Waals surface area contributed by atoms with Gasteiger partial charge in [-0.2, -0.15) is 0 Å². The minimum Gasteiger partial charge on any atom is -0.395 e. The number of benzene rings is 1. The topological polar surface area (TPSA) is 62.2 Å². The van der Waals surface area contributed by atoms with Gasteiger partial charge in [-0.3, -0.25) is 4.79 Å². The van der Waals surface area contributed by atoms with Crippen LogP contribution >= 0.6 is 0 Å². The van der Waals surface area contributed by atoms with Crippen LogP contribution in [0.5, 0.6) is 0 Å². The number of nitrogens with one attached hydrogen (secondary N) is 1. The van der Waals surface area contributed by atoms with E-state index in [1.807, 2.05) is 24.3 Å². The highest BCUT2D eigenvalue weighted by Gasteiger charge is 2.14. The van der Waals surface area contributed by atoms with E-state index in [0.717, 1.165) is 42.1 Å². The molecule has 0 aliphatic carbocycles. The number of unbranched alkanes of at least 4 members (excludes halogenated alkanes) is 2. The zero-order valence-corrected chi connectivity index (χ0v) is 12.4. The van der Waals surface area contributed by atoms with Crippen LogP contribution in [-0.4, -0.2) is 29.1 Å². The molecule has 1 aromatic carbocycles. The second-order valence-electron chi connectivity index (χ2n) is 5.13. The van der Waals surface area contributed by atoms with Gasteiger partial charge in [0, 0.05) is 11.9 Å². The average Bonchev–Trinajstić information content (AvgIpc) is 2.52. The Labute approximate surface area is 125 Å². The molecule has 0 aliphatic heterocycles. The number of amides is 1. The number of pyridine rings is 1. The standard InChI is InChI=1S/C17H22N2O2/c1-2-3-4-8-14-12-13-7-5-6-9-15(13)19-16(14)17(21)18-10-11-20/h5-7,9,12,20H,2-4,8,10-11H2,1H3,(H,18,21). The zero-order chi connectivity index (χ0) is 15.1. The van der Waals surface area contributed by atoms with Gasteiger partial charge in [-0.1, -0.05) is 38.0 Å². The molecule has 0 saturated carbocycles. The van der Waals surface area contributed by atoms with Gasteiger partial charge in [0.1, 0.15) is 5.69 Å². The summed E-state index contributed by atoms with van der Waals surface area (Å²) < 4.78 is 0. The predicted molar refractivity (Wildman–Crippen MR) is 84.4 cm³/mol. The maximum Gasteiger partial charge on any atom is 0.270 e. The summed E-state index contributed by atoms with van der Waals surface area (Å²) in [5.74, 6) is -0.207. The average molecular weight is 286 g/mol. The van der Waals surface area contributed by atoms with Gasteiger partial charge in [0.05, 0.1) is 12.1 Å². The van der Waals surface area contributed by atoms with Gasteiger partial charge in [0.25, 0.3) is 5.91 Å². The lowest BCUT2D eigenvalue weighted by molar-refractivity contribution is 0.0939. The van der Waals surface area contributed by atoms with Crippen LogP contribution in [0.1, 0.15) is 42.2 Å². The van der Waals surface area contributed by atoms with Crippen LogP contribution in [0.2, 0.25) is 0 Å². The third-order valence-electron chi connectivity index (χ3n) is 3.47. The molecule has 4 nitrogen and oxygen atoms in total. The molecule has 0 spiro atoms. The Morgan fingerprint density at radius 3 is 2.86 bits per heavy atom. The molecule has 2 aromatic rings. The molecule has 1 aromatic heterocycles. The Kier molecular flexibility index (Phi) is 5.69. The second kappa shape index (κ2) is 7.74. The maximum absolute atomic E-state index is 12.2. The maximum atomic E-state index is 12.2. The minimum atomic E-state index is -0.207. The van der Waals surface area contributed by atoms with Crippen molar-refractivity contribution in [3.8, 4) is 0 Å². The van der Waals surface area contributed by atoms with Crippen molar-refractivity contribution < 1.29 is 9.90 Å². The van der Waals surface area contributed by atoms with Gasteiger partial charge in [-0.25, -0.2) is 4.98 Å². The van der Waals surface area contributed by atoms with Crippen LogP contribution in [-0.2, 0) is 6.42 Å². The lowest BCUT2D eigenvalue weighted by atomic mass is 10.0. The smallest absolute Gasteiger partial charge is 0.270 e. The van der Waals surface area contributed by atoms with Crippen molar-refractivity contribution in [2.75, 3.05) is 13.2 Å². The number of hydrogen-bond donors (Lipinski definition) is 2. The zero-order valence-electron chi connectivity index (χ0n) is 12.4. The van der Waals surface area contributed by atoms with E-state index in [1.165, 1.54) is 0 Å². The number of rotatable bonds is 7. The number of aliphatic hydroxyl groups is 1. The fourth-order valence-corrected chi connectivity index (χ4v) is 2.37. The first kappa shape index (κ1) is 15.4. The van der Waals surface area contributed by atoms with Crippen LogP contribution < -0.4 is 5.32 Å². The minimum absolute atomic E-state index is 0.0650. The van der Waals surface area contributed by atoms with Crippen LogP contribution in [0.15, 0.2) is 30.3 Å². The molecule has 0 fully saturated rings. The summed E-state index contributed by atoms with van der Waals surface area (Å²) in [7, 11) is 0. The highest BCUT2D eigenvalue weighted by molar-refractivity contribution is 5.96. The molecule has 1 amide bonds. The highest BCUT2D eigenvalue weighted by Crippen LogP contribution is 2.19. The number of carbonyl (C=O) groups excluding carboxylic acids is 1. The van der Waals surface area contributed by atoms with E-state index in [1.54, 1.807) is 0 Å². The molecule has 0 radical (unpaired) electrons. The second-order valence-corrected chi connectivity index (χ2v) is 5.13. The normalized spacial score (nSPS) is 10.8. The van der Waals surface area contributed by atoms with E-state index < -0.39 is 0 Å². The number of para-hydroxylation sites is 1. The summed E-state index contributed by atoms with van der Waals surface area (Å²) in [5, 5.41) is 12.6. The van der Waals surface area contributed by atoms with Gasteiger partial charge in [0.15, 0.2) is 0 Å². The van der Waals surface area contributed by atoms with Crippen molar-refractivity contribution in [3.05, 3.63) is 41.6 Å². The molecule has 0 unspecified atom stereocenters. The third kappa shape index (κ3) is 4.02. The molecule has 0 aliphatic rings. The van der Waals surface area contributed by atoms with Gasteiger partial charge in [-0.15, -0.1) is 0 Å². The number of carbonyl (C=O) groups is 1. The Hall–Kier alpha value is -1.94. The molecule has 2 N–H and O–H groups in total. The first-order valence-corrected chi connectivity index (χ1v) is 7.54. The molecule has 112 valence electrons. The van der Waals surface area contributed by atoms with Crippen LogP contribution in [0.4, 0.5) is 0 Å². The lowest BCUT2D eigenvalue weighted by Crippen LogP contribution is -2.28. The summed E-state index contributed by atoms with van der Waals surface area (Å²) in [6.45, 7) is 2.35. The van der Waals surface area contributed by atoms with E-state index in [2.05, 4.69) is 23.3 Å². The SMILES string of the molecule is CCCCCc1cc2ccccc2nc1C(=O)NCCO. The number of nitrogens with zero attached hydrogens (tertiary/aromatic N) is 1. The Bertz CT molecular complexity index is 611. The van der Waals surface area contributed by atoms with E-state index >= 15 is 0 Å². The Balaban J connectivity index is 2.33. The molecule has 0 bridgehead atoms. The predicted octanol–water partition coefficient (Wildman–Crippen LogP) is 2.69. The fraction of sp³-hybridized carbons (Fsp3) is 0.412. The number of aliphatic hydroxyl groups excluding tert-OH is 1. The third-order valence-corrected chi connectivity index (χ3v) is 3.47. The quantitative estimate of drug-likeness (QED) is 0.769. The lowest BCUT2D eigenvalue weighted by Gasteiger charge is -2.10. The molecular weight excluding hydrogens is 264 g/mol. The molecular formula is C17H22N2O2. The molecule has 0 atom stereocenters. The first-order valence-electron chi connectivity index (χ1n) is 7.54.